The Kier molecular flexibility index (Phi) is 9.31. The van der Waals surface area contributed by atoms with E-state index in [0.29, 0.717) is 26.4 Å². The minimum Gasteiger partial charge on any atom is -0.373 e. The van der Waals surface area contributed by atoms with Gasteiger partial charge in [0, 0.05) is 51.0 Å². The van der Waals surface area contributed by atoms with Gasteiger partial charge in [-0.1, -0.05) is 24.3 Å². The van der Waals surface area contributed by atoms with Crippen LogP contribution in [0.5, 0.6) is 0 Å². The second-order valence-corrected chi connectivity index (χ2v) is 10.1. The summed E-state index contributed by atoms with van der Waals surface area (Å²) in [5.74, 6) is 0. The molecule has 0 atom stereocenters. The third-order valence-corrected chi connectivity index (χ3v) is 9.65. The first-order valence-electron chi connectivity index (χ1n) is 8.35. The summed E-state index contributed by atoms with van der Waals surface area (Å²) in [5.41, 5.74) is 0. The van der Waals surface area contributed by atoms with Gasteiger partial charge >= 0.3 is 17.6 Å². The highest BCUT2D eigenvalue weighted by Gasteiger charge is 2.52. The second-order valence-electron chi connectivity index (χ2n) is 4.80. The number of hydrogen-bond donors (Lipinski definition) is 0. The van der Waals surface area contributed by atoms with Crippen LogP contribution in [-0.4, -0.2) is 58.3 Å². The fraction of sp³-hybridized carbons (Fsp3) is 0.625. The van der Waals surface area contributed by atoms with Crippen molar-refractivity contribution < 1.29 is 26.6 Å². The Morgan fingerprint density at radius 3 is 1.12 bits per heavy atom. The van der Waals surface area contributed by atoms with Crippen LogP contribution in [0, 0.1) is 0 Å². The lowest BCUT2D eigenvalue weighted by Gasteiger charge is -2.34. The van der Waals surface area contributed by atoms with E-state index in [-0.39, 0.29) is 0 Å². The van der Waals surface area contributed by atoms with Gasteiger partial charge in [0.05, 0.1) is 0 Å². The lowest BCUT2D eigenvalue weighted by Crippen LogP contribution is -2.69. The normalized spacial score (nSPS) is 12.6. The van der Waals surface area contributed by atoms with Gasteiger partial charge in [-0.3, -0.25) is 0 Å². The molecule has 0 fully saturated rings. The molecule has 0 aliphatic carbocycles. The SMILES string of the molecule is CCO[Si](OC)(OCC)c1ccccc1[Si](OC)(OCC)OCC. The fourth-order valence-corrected chi connectivity index (χ4v) is 8.19. The monoisotopic (exact) mass is 374 g/mol. The smallest absolute Gasteiger partial charge is 0.373 e. The summed E-state index contributed by atoms with van der Waals surface area (Å²) in [6.45, 7) is 9.64. The molecule has 0 saturated carbocycles. The average Bonchev–Trinajstić information content (AvgIpc) is 2.61. The summed E-state index contributed by atoms with van der Waals surface area (Å²) < 4.78 is 35.6. The van der Waals surface area contributed by atoms with E-state index in [9.17, 15) is 0 Å². The zero-order valence-electron chi connectivity index (χ0n) is 15.6. The molecule has 0 bridgehead atoms. The summed E-state index contributed by atoms with van der Waals surface area (Å²) in [6, 6.07) is 7.78. The van der Waals surface area contributed by atoms with Crippen LogP contribution in [0.25, 0.3) is 0 Å². The molecule has 138 valence electrons. The topological polar surface area (TPSA) is 55.4 Å². The molecular formula is C16H30O6Si2. The van der Waals surface area contributed by atoms with Crippen LogP contribution in [0.3, 0.4) is 0 Å². The molecule has 0 radical (unpaired) electrons. The Morgan fingerprint density at radius 1 is 0.625 bits per heavy atom. The minimum atomic E-state index is -3.08. The number of rotatable bonds is 12. The quantitative estimate of drug-likeness (QED) is 0.516. The molecule has 0 heterocycles. The molecule has 0 spiro atoms. The predicted molar refractivity (Wildman–Crippen MR) is 97.7 cm³/mol. The molecule has 0 aliphatic heterocycles. The largest absolute Gasteiger partial charge is 0.537 e. The number of hydrogen-bond acceptors (Lipinski definition) is 6. The van der Waals surface area contributed by atoms with Crippen LogP contribution in [0.4, 0.5) is 0 Å². The molecule has 0 saturated heterocycles. The van der Waals surface area contributed by atoms with Crippen LogP contribution in [0.15, 0.2) is 24.3 Å². The summed E-state index contributed by atoms with van der Waals surface area (Å²) in [6.07, 6.45) is 0. The van der Waals surface area contributed by atoms with Crippen LogP contribution in [0.2, 0.25) is 0 Å². The Morgan fingerprint density at radius 2 is 0.917 bits per heavy atom. The zero-order valence-corrected chi connectivity index (χ0v) is 17.6. The minimum absolute atomic E-state index is 0.485. The van der Waals surface area contributed by atoms with Crippen molar-refractivity contribution in [3.8, 4) is 0 Å². The molecule has 24 heavy (non-hydrogen) atoms. The van der Waals surface area contributed by atoms with Crippen LogP contribution >= 0.6 is 0 Å². The van der Waals surface area contributed by atoms with Crippen LogP contribution < -0.4 is 10.4 Å². The van der Waals surface area contributed by atoms with Gasteiger partial charge < -0.3 is 26.6 Å². The Bertz CT molecular complexity index is 430. The summed E-state index contributed by atoms with van der Waals surface area (Å²) in [4.78, 5) is 0. The van der Waals surface area contributed by atoms with E-state index >= 15 is 0 Å². The van der Waals surface area contributed by atoms with E-state index < -0.39 is 17.6 Å². The maximum absolute atomic E-state index is 5.99. The van der Waals surface area contributed by atoms with E-state index in [2.05, 4.69) is 0 Å². The molecular weight excluding hydrogens is 344 g/mol. The van der Waals surface area contributed by atoms with Crippen molar-refractivity contribution in [2.45, 2.75) is 27.7 Å². The predicted octanol–water partition coefficient (Wildman–Crippen LogP) is 1.42. The molecule has 1 aromatic rings. The Labute approximate surface area is 147 Å². The third-order valence-electron chi connectivity index (χ3n) is 3.46. The second kappa shape index (κ2) is 10.4. The first-order chi connectivity index (χ1) is 11.6. The van der Waals surface area contributed by atoms with Gasteiger partial charge in [0.2, 0.25) is 0 Å². The van der Waals surface area contributed by atoms with Crippen LogP contribution in [0.1, 0.15) is 27.7 Å². The summed E-state index contributed by atoms with van der Waals surface area (Å²) in [7, 11) is -2.93. The lowest BCUT2D eigenvalue weighted by molar-refractivity contribution is 0.0964. The summed E-state index contributed by atoms with van der Waals surface area (Å²) in [5, 5.41) is 1.68. The van der Waals surface area contributed by atoms with E-state index in [1.54, 1.807) is 14.2 Å². The molecule has 0 aliphatic rings. The summed E-state index contributed by atoms with van der Waals surface area (Å²) >= 11 is 0. The standard InChI is InChI=1S/C16H30O6Si2/c1-7-19-23(17-5,20-8-2)15-13-11-12-14-16(15)24(18-6,21-9-3)22-10-4/h11-14H,7-10H2,1-6H3. The molecule has 0 N–H and O–H groups in total. The van der Waals surface area contributed by atoms with Gasteiger partial charge in [-0.15, -0.1) is 0 Å². The lowest BCUT2D eigenvalue weighted by atomic mass is 10.4. The van der Waals surface area contributed by atoms with Gasteiger partial charge in [0.15, 0.2) is 0 Å². The molecule has 6 nitrogen and oxygen atoms in total. The van der Waals surface area contributed by atoms with Crippen molar-refractivity contribution >= 4 is 28.0 Å². The maximum atomic E-state index is 5.99. The van der Waals surface area contributed by atoms with Crippen molar-refractivity contribution in [3.63, 3.8) is 0 Å². The first kappa shape index (κ1) is 21.5. The third kappa shape index (κ3) is 4.52. The Balaban J connectivity index is 3.54. The highest BCUT2D eigenvalue weighted by Crippen LogP contribution is 2.14. The van der Waals surface area contributed by atoms with Crippen molar-refractivity contribution in [1.82, 2.24) is 0 Å². The van der Waals surface area contributed by atoms with Crippen molar-refractivity contribution in [2.75, 3.05) is 40.6 Å². The molecule has 0 aromatic heterocycles. The molecule has 1 aromatic carbocycles. The molecule has 0 amide bonds. The van der Waals surface area contributed by atoms with Crippen molar-refractivity contribution in [2.24, 2.45) is 0 Å². The van der Waals surface area contributed by atoms with E-state index in [1.165, 1.54) is 0 Å². The molecule has 0 unspecified atom stereocenters. The van der Waals surface area contributed by atoms with Crippen molar-refractivity contribution in [1.29, 1.82) is 0 Å². The average molecular weight is 375 g/mol. The molecule has 1 rings (SSSR count). The maximum Gasteiger partial charge on any atom is 0.537 e. The van der Waals surface area contributed by atoms with E-state index in [0.717, 1.165) is 10.4 Å². The Hall–Kier alpha value is -0.586. The molecule has 8 heteroatoms. The van der Waals surface area contributed by atoms with Gasteiger partial charge in [-0.2, -0.15) is 0 Å². The fourth-order valence-electron chi connectivity index (χ4n) is 2.63. The van der Waals surface area contributed by atoms with E-state index in [1.807, 2.05) is 52.0 Å². The zero-order chi connectivity index (χ0) is 18.1. The van der Waals surface area contributed by atoms with Crippen LogP contribution in [-0.2, 0) is 26.6 Å². The van der Waals surface area contributed by atoms with Gasteiger partial charge in [-0.25, -0.2) is 0 Å². The number of benzene rings is 1. The highest BCUT2D eigenvalue weighted by atomic mass is 28.4. The van der Waals surface area contributed by atoms with E-state index in [4.69, 9.17) is 26.6 Å². The van der Waals surface area contributed by atoms with Gasteiger partial charge in [-0.05, 0) is 27.7 Å². The van der Waals surface area contributed by atoms with Gasteiger partial charge in [0.1, 0.15) is 0 Å². The first-order valence-corrected chi connectivity index (χ1v) is 11.8. The highest BCUT2D eigenvalue weighted by molar-refractivity contribution is 6.86. The van der Waals surface area contributed by atoms with Gasteiger partial charge in [0.25, 0.3) is 0 Å². The van der Waals surface area contributed by atoms with Crippen molar-refractivity contribution in [3.05, 3.63) is 24.3 Å².